The zero-order chi connectivity index (χ0) is 14.7. The summed E-state index contributed by atoms with van der Waals surface area (Å²) >= 11 is 3.35. The minimum atomic E-state index is -0.243. The molecule has 3 N–H and O–H groups in total. The van der Waals surface area contributed by atoms with E-state index in [1.165, 1.54) is 0 Å². The van der Waals surface area contributed by atoms with E-state index >= 15 is 0 Å². The maximum atomic E-state index is 12.3. The van der Waals surface area contributed by atoms with Crippen LogP contribution in [-0.2, 0) is 0 Å². The van der Waals surface area contributed by atoms with Crippen molar-refractivity contribution in [2.75, 3.05) is 18.2 Å². The number of nitrogens with two attached hydrogens (primary N) is 1. The summed E-state index contributed by atoms with van der Waals surface area (Å²) in [6.07, 6.45) is 0. The predicted molar refractivity (Wildman–Crippen MR) is 84.2 cm³/mol. The minimum Gasteiger partial charge on any atom is -0.495 e. The summed E-state index contributed by atoms with van der Waals surface area (Å²) in [5.74, 6) is 0.372. The van der Waals surface area contributed by atoms with Gasteiger partial charge in [-0.3, -0.25) is 4.79 Å². The van der Waals surface area contributed by atoms with Gasteiger partial charge < -0.3 is 15.8 Å². The van der Waals surface area contributed by atoms with Gasteiger partial charge in [-0.25, -0.2) is 0 Å². The van der Waals surface area contributed by atoms with Crippen LogP contribution in [0, 0.1) is 6.92 Å². The summed E-state index contributed by atoms with van der Waals surface area (Å²) in [5.41, 5.74) is 8.40. The van der Waals surface area contributed by atoms with Gasteiger partial charge >= 0.3 is 0 Å². The highest BCUT2D eigenvalue weighted by atomic mass is 79.9. The van der Waals surface area contributed by atoms with Crippen LogP contribution in [0.5, 0.6) is 5.75 Å². The Balaban J connectivity index is 2.32. The second kappa shape index (κ2) is 5.96. The van der Waals surface area contributed by atoms with E-state index in [4.69, 9.17) is 10.5 Å². The van der Waals surface area contributed by atoms with E-state index in [2.05, 4.69) is 21.2 Å². The summed E-state index contributed by atoms with van der Waals surface area (Å²) < 4.78 is 5.93. The standard InChI is InChI=1S/C15H15BrN2O2/c1-9-3-6-14(20-2)13(7-9)18-15(19)11-8-10(17)4-5-12(11)16/h3-8H,17H2,1-2H3,(H,18,19). The maximum Gasteiger partial charge on any atom is 0.256 e. The molecule has 0 aliphatic heterocycles. The topological polar surface area (TPSA) is 64.3 Å². The molecule has 2 aromatic rings. The monoisotopic (exact) mass is 334 g/mol. The van der Waals surface area contributed by atoms with Crippen LogP contribution in [0.15, 0.2) is 40.9 Å². The van der Waals surface area contributed by atoms with Crippen molar-refractivity contribution < 1.29 is 9.53 Å². The molecule has 0 saturated heterocycles. The zero-order valence-corrected chi connectivity index (χ0v) is 12.8. The van der Waals surface area contributed by atoms with Crippen LogP contribution in [0.1, 0.15) is 15.9 Å². The fourth-order valence-electron chi connectivity index (χ4n) is 1.83. The molecule has 0 atom stereocenters. The molecule has 4 nitrogen and oxygen atoms in total. The molecule has 0 aromatic heterocycles. The Bertz CT molecular complexity index is 656. The normalized spacial score (nSPS) is 10.2. The molecule has 0 aliphatic carbocycles. The van der Waals surface area contributed by atoms with Gasteiger partial charge in [0.25, 0.3) is 5.91 Å². The molecule has 0 unspecified atom stereocenters. The highest BCUT2D eigenvalue weighted by Gasteiger charge is 2.13. The molecule has 0 aliphatic rings. The molecule has 0 heterocycles. The summed E-state index contributed by atoms with van der Waals surface area (Å²) in [6.45, 7) is 1.95. The van der Waals surface area contributed by atoms with Crippen molar-refractivity contribution in [2.45, 2.75) is 6.92 Å². The molecule has 0 fully saturated rings. The molecule has 0 radical (unpaired) electrons. The first-order chi connectivity index (χ1) is 9.51. The Morgan fingerprint density at radius 3 is 2.70 bits per heavy atom. The largest absolute Gasteiger partial charge is 0.495 e. The predicted octanol–water partition coefficient (Wildman–Crippen LogP) is 3.60. The first-order valence-corrected chi connectivity index (χ1v) is 6.81. The number of anilines is 2. The van der Waals surface area contributed by atoms with Gasteiger partial charge in [0, 0.05) is 10.2 Å². The first-order valence-electron chi connectivity index (χ1n) is 6.02. The van der Waals surface area contributed by atoms with Crippen LogP contribution >= 0.6 is 15.9 Å². The fourth-order valence-corrected chi connectivity index (χ4v) is 2.25. The lowest BCUT2D eigenvalue weighted by molar-refractivity contribution is 0.102. The lowest BCUT2D eigenvalue weighted by atomic mass is 10.1. The maximum absolute atomic E-state index is 12.3. The van der Waals surface area contributed by atoms with Crippen LogP contribution < -0.4 is 15.8 Å². The Morgan fingerprint density at radius 1 is 1.25 bits per heavy atom. The number of benzene rings is 2. The van der Waals surface area contributed by atoms with Crippen LogP contribution in [-0.4, -0.2) is 13.0 Å². The summed E-state index contributed by atoms with van der Waals surface area (Å²) in [6, 6.07) is 10.7. The number of nitrogens with one attached hydrogen (secondary N) is 1. The summed E-state index contributed by atoms with van der Waals surface area (Å²) in [7, 11) is 1.57. The van der Waals surface area contributed by atoms with Gasteiger partial charge in [0.1, 0.15) is 5.75 Å². The van der Waals surface area contributed by atoms with Crippen molar-refractivity contribution in [1.82, 2.24) is 0 Å². The number of aryl methyl sites for hydroxylation is 1. The Hall–Kier alpha value is -2.01. The number of carbonyl (C=O) groups excluding carboxylic acids is 1. The van der Waals surface area contributed by atoms with E-state index in [1.54, 1.807) is 25.3 Å². The van der Waals surface area contributed by atoms with Gasteiger partial charge in [0.05, 0.1) is 18.4 Å². The number of nitrogen functional groups attached to an aromatic ring is 1. The molecule has 0 spiro atoms. The van der Waals surface area contributed by atoms with Crippen LogP contribution in [0.4, 0.5) is 11.4 Å². The molecule has 0 bridgehead atoms. The number of rotatable bonds is 3. The van der Waals surface area contributed by atoms with Gasteiger partial charge in [-0.1, -0.05) is 6.07 Å². The molecule has 5 heteroatoms. The van der Waals surface area contributed by atoms with Crippen molar-refractivity contribution in [3.63, 3.8) is 0 Å². The molecule has 2 rings (SSSR count). The van der Waals surface area contributed by atoms with E-state index in [-0.39, 0.29) is 5.91 Å². The number of ether oxygens (including phenoxy) is 1. The lowest BCUT2D eigenvalue weighted by Crippen LogP contribution is -2.13. The van der Waals surface area contributed by atoms with E-state index in [0.717, 1.165) is 5.56 Å². The van der Waals surface area contributed by atoms with Crippen molar-refractivity contribution in [1.29, 1.82) is 0 Å². The highest BCUT2D eigenvalue weighted by Crippen LogP contribution is 2.27. The fraction of sp³-hybridized carbons (Fsp3) is 0.133. The lowest BCUT2D eigenvalue weighted by Gasteiger charge is -2.12. The molecule has 2 aromatic carbocycles. The molecule has 20 heavy (non-hydrogen) atoms. The van der Waals surface area contributed by atoms with E-state index in [9.17, 15) is 4.79 Å². The third-order valence-electron chi connectivity index (χ3n) is 2.84. The molecular formula is C15H15BrN2O2. The van der Waals surface area contributed by atoms with Crippen molar-refractivity contribution in [3.8, 4) is 5.75 Å². The molecule has 1 amide bonds. The Labute approximate surface area is 126 Å². The number of carbonyl (C=O) groups is 1. The SMILES string of the molecule is COc1ccc(C)cc1NC(=O)c1cc(N)ccc1Br. The van der Waals surface area contributed by atoms with Crippen molar-refractivity contribution in [2.24, 2.45) is 0 Å². The van der Waals surface area contributed by atoms with Gasteiger partial charge in [-0.2, -0.15) is 0 Å². The highest BCUT2D eigenvalue weighted by molar-refractivity contribution is 9.10. The number of hydrogen-bond acceptors (Lipinski definition) is 3. The van der Waals surface area contributed by atoms with E-state index in [0.29, 0.717) is 27.2 Å². The number of amides is 1. The van der Waals surface area contributed by atoms with Crippen LogP contribution in [0.2, 0.25) is 0 Å². The van der Waals surface area contributed by atoms with E-state index in [1.807, 2.05) is 25.1 Å². The second-order valence-corrected chi connectivity index (χ2v) is 5.25. The molecular weight excluding hydrogens is 320 g/mol. The first kappa shape index (κ1) is 14.4. The summed E-state index contributed by atoms with van der Waals surface area (Å²) in [4.78, 5) is 12.3. The smallest absolute Gasteiger partial charge is 0.256 e. The second-order valence-electron chi connectivity index (χ2n) is 4.40. The number of hydrogen-bond donors (Lipinski definition) is 2. The van der Waals surface area contributed by atoms with E-state index < -0.39 is 0 Å². The van der Waals surface area contributed by atoms with Gasteiger partial charge in [-0.15, -0.1) is 0 Å². The minimum absolute atomic E-state index is 0.243. The quantitative estimate of drug-likeness (QED) is 0.843. The van der Waals surface area contributed by atoms with Crippen LogP contribution in [0.3, 0.4) is 0 Å². The Morgan fingerprint density at radius 2 is 2.00 bits per heavy atom. The molecule has 0 saturated carbocycles. The van der Waals surface area contributed by atoms with Crippen molar-refractivity contribution in [3.05, 3.63) is 52.0 Å². The third-order valence-corrected chi connectivity index (χ3v) is 3.53. The molecule has 104 valence electrons. The summed E-state index contributed by atoms with van der Waals surface area (Å²) in [5, 5.41) is 2.84. The number of methoxy groups -OCH3 is 1. The van der Waals surface area contributed by atoms with Crippen LogP contribution in [0.25, 0.3) is 0 Å². The third kappa shape index (κ3) is 3.11. The van der Waals surface area contributed by atoms with Crippen molar-refractivity contribution >= 4 is 33.2 Å². The average molecular weight is 335 g/mol. The number of halogens is 1. The van der Waals surface area contributed by atoms with Gasteiger partial charge in [-0.05, 0) is 58.7 Å². The average Bonchev–Trinajstić information content (AvgIpc) is 2.41. The van der Waals surface area contributed by atoms with Gasteiger partial charge in [0.2, 0.25) is 0 Å². The Kier molecular flexibility index (Phi) is 4.29. The zero-order valence-electron chi connectivity index (χ0n) is 11.2. The van der Waals surface area contributed by atoms with Gasteiger partial charge in [0.15, 0.2) is 0 Å².